The zero-order chi connectivity index (χ0) is 8.55. The molecule has 2 heteroatoms. The molecular formula is C10H11NO. The topological polar surface area (TPSA) is 30.0 Å². The summed E-state index contributed by atoms with van der Waals surface area (Å²) < 4.78 is 0. The van der Waals surface area contributed by atoms with Crippen LogP contribution in [0.3, 0.4) is 0 Å². The van der Waals surface area contributed by atoms with Crippen LogP contribution in [-0.2, 0) is 6.42 Å². The van der Waals surface area contributed by atoms with Crippen molar-refractivity contribution >= 4 is 5.78 Å². The molecule has 0 bridgehead atoms. The molecule has 0 aliphatic heterocycles. The summed E-state index contributed by atoms with van der Waals surface area (Å²) >= 11 is 0. The van der Waals surface area contributed by atoms with Crippen LogP contribution in [0.15, 0.2) is 12.3 Å². The first kappa shape index (κ1) is 7.47. The van der Waals surface area contributed by atoms with Gasteiger partial charge in [0.2, 0.25) is 0 Å². The van der Waals surface area contributed by atoms with Crippen molar-refractivity contribution < 1.29 is 4.79 Å². The van der Waals surface area contributed by atoms with Gasteiger partial charge in [-0.2, -0.15) is 0 Å². The van der Waals surface area contributed by atoms with E-state index in [1.54, 1.807) is 6.20 Å². The average molecular weight is 161 g/mol. The van der Waals surface area contributed by atoms with Crippen LogP contribution in [0.1, 0.15) is 34.5 Å². The maximum atomic E-state index is 11.5. The van der Waals surface area contributed by atoms with E-state index in [1.165, 1.54) is 5.56 Å². The Bertz CT molecular complexity index is 331. The molecule has 0 radical (unpaired) electrons. The third-order valence-electron chi connectivity index (χ3n) is 2.36. The van der Waals surface area contributed by atoms with E-state index >= 15 is 0 Å². The molecule has 1 aromatic rings. The molecule has 1 heterocycles. The predicted octanol–water partition coefficient (Wildman–Crippen LogP) is 1.91. The second-order valence-corrected chi connectivity index (χ2v) is 3.21. The van der Waals surface area contributed by atoms with Gasteiger partial charge in [-0.1, -0.05) is 0 Å². The molecule has 0 fully saturated rings. The number of ketones is 1. The normalized spacial score (nSPS) is 15.9. The van der Waals surface area contributed by atoms with Crippen LogP contribution in [-0.4, -0.2) is 10.8 Å². The maximum Gasteiger partial charge on any atom is 0.164 e. The van der Waals surface area contributed by atoms with Crippen LogP contribution in [0.25, 0.3) is 0 Å². The molecular weight excluding hydrogens is 150 g/mol. The van der Waals surface area contributed by atoms with Crippen LogP contribution >= 0.6 is 0 Å². The monoisotopic (exact) mass is 161 g/mol. The zero-order valence-corrected chi connectivity index (χ0v) is 7.13. The number of hydrogen-bond donors (Lipinski definition) is 0. The third kappa shape index (κ3) is 1.04. The fourth-order valence-electron chi connectivity index (χ4n) is 1.77. The van der Waals surface area contributed by atoms with E-state index in [2.05, 4.69) is 4.98 Å². The number of aryl methyl sites for hydroxylation is 2. The lowest BCUT2D eigenvalue weighted by atomic mass is 9.90. The van der Waals surface area contributed by atoms with Crippen LogP contribution in [0.5, 0.6) is 0 Å². The molecule has 0 amide bonds. The summed E-state index contributed by atoms with van der Waals surface area (Å²) in [5.41, 5.74) is 2.94. The smallest absolute Gasteiger partial charge is 0.164 e. The first-order valence-corrected chi connectivity index (χ1v) is 4.27. The van der Waals surface area contributed by atoms with Crippen LogP contribution < -0.4 is 0 Å². The Hall–Kier alpha value is -1.18. The molecule has 62 valence electrons. The lowest BCUT2D eigenvalue weighted by molar-refractivity contribution is 0.0971. The molecule has 0 atom stereocenters. The molecule has 1 aliphatic carbocycles. The van der Waals surface area contributed by atoms with Crippen molar-refractivity contribution in [2.75, 3.05) is 0 Å². The van der Waals surface area contributed by atoms with E-state index < -0.39 is 0 Å². The highest BCUT2D eigenvalue weighted by Crippen LogP contribution is 2.22. The minimum absolute atomic E-state index is 0.266. The maximum absolute atomic E-state index is 11.5. The summed E-state index contributed by atoms with van der Waals surface area (Å²) in [5.74, 6) is 0.266. The largest absolute Gasteiger partial charge is 0.294 e. The van der Waals surface area contributed by atoms with Crippen molar-refractivity contribution in [2.45, 2.75) is 26.2 Å². The van der Waals surface area contributed by atoms with Gasteiger partial charge in [0, 0.05) is 23.9 Å². The molecule has 0 saturated heterocycles. The highest BCUT2D eigenvalue weighted by atomic mass is 16.1. The van der Waals surface area contributed by atoms with Crippen molar-refractivity contribution in [3.63, 3.8) is 0 Å². The molecule has 0 saturated carbocycles. The number of carbonyl (C=O) groups is 1. The molecule has 1 aliphatic rings. The number of Topliss-reactive ketones (excluding diaryl/α,β-unsaturated/α-hetero) is 1. The van der Waals surface area contributed by atoms with Gasteiger partial charge in [0.15, 0.2) is 5.78 Å². The van der Waals surface area contributed by atoms with Crippen molar-refractivity contribution in [3.8, 4) is 0 Å². The van der Waals surface area contributed by atoms with E-state index in [0.717, 1.165) is 24.1 Å². The summed E-state index contributed by atoms with van der Waals surface area (Å²) in [6.07, 6.45) is 4.51. The summed E-state index contributed by atoms with van der Waals surface area (Å²) in [6, 6.07) is 1.96. The average Bonchev–Trinajstić information content (AvgIpc) is 2.04. The van der Waals surface area contributed by atoms with E-state index in [-0.39, 0.29) is 5.78 Å². The number of aromatic nitrogens is 1. The summed E-state index contributed by atoms with van der Waals surface area (Å²) in [6.45, 7) is 1.90. The number of nitrogens with zero attached hydrogens (tertiary/aromatic N) is 1. The van der Waals surface area contributed by atoms with E-state index in [9.17, 15) is 4.79 Å². The van der Waals surface area contributed by atoms with Crippen molar-refractivity contribution in [2.24, 2.45) is 0 Å². The molecule has 0 aromatic carbocycles. The molecule has 1 aromatic heterocycles. The molecule has 0 spiro atoms. The third-order valence-corrected chi connectivity index (χ3v) is 2.36. The van der Waals surface area contributed by atoms with Gasteiger partial charge in [-0.05, 0) is 31.4 Å². The van der Waals surface area contributed by atoms with Gasteiger partial charge in [0.05, 0.1) is 0 Å². The SMILES string of the molecule is Cc1nccc2c1C(=O)CCC2. The second kappa shape index (κ2) is 2.70. The minimum atomic E-state index is 0.266. The lowest BCUT2D eigenvalue weighted by Crippen LogP contribution is -2.13. The number of carbonyl (C=O) groups excluding carboxylic acids is 1. The van der Waals surface area contributed by atoms with Crippen LogP contribution in [0.2, 0.25) is 0 Å². The van der Waals surface area contributed by atoms with Gasteiger partial charge in [0.1, 0.15) is 0 Å². The van der Waals surface area contributed by atoms with Gasteiger partial charge in [-0.25, -0.2) is 0 Å². The first-order chi connectivity index (χ1) is 5.79. The Balaban J connectivity index is 2.60. The number of hydrogen-bond acceptors (Lipinski definition) is 2. The number of rotatable bonds is 0. The quantitative estimate of drug-likeness (QED) is 0.581. The fraction of sp³-hybridized carbons (Fsp3) is 0.400. The first-order valence-electron chi connectivity index (χ1n) is 4.27. The number of pyridine rings is 1. The summed E-state index contributed by atoms with van der Waals surface area (Å²) in [4.78, 5) is 15.6. The molecule has 0 unspecified atom stereocenters. The van der Waals surface area contributed by atoms with Crippen molar-refractivity contribution in [3.05, 3.63) is 29.1 Å². The van der Waals surface area contributed by atoms with Gasteiger partial charge in [-0.3, -0.25) is 9.78 Å². The molecule has 2 nitrogen and oxygen atoms in total. The van der Waals surface area contributed by atoms with Crippen molar-refractivity contribution in [1.29, 1.82) is 0 Å². The van der Waals surface area contributed by atoms with E-state index in [1.807, 2.05) is 13.0 Å². The highest BCUT2D eigenvalue weighted by molar-refractivity contribution is 5.99. The Labute approximate surface area is 71.6 Å². The molecule has 2 rings (SSSR count). The minimum Gasteiger partial charge on any atom is -0.294 e. The molecule has 0 N–H and O–H groups in total. The fourth-order valence-corrected chi connectivity index (χ4v) is 1.77. The lowest BCUT2D eigenvalue weighted by Gasteiger charge is -2.15. The van der Waals surface area contributed by atoms with Gasteiger partial charge < -0.3 is 0 Å². The van der Waals surface area contributed by atoms with Crippen LogP contribution in [0, 0.1) is 6.92 Å². The van der Waals surface area contributed by atoms with Gasteiger partial charge in [-0.15, -0.1) is 0 Å². The Morgan fingerprint density at radius 3 is 3.00 bits per heavy atom. The van der Waals surface area contributed by atoms with E-state index in [4.69, 9.17) is 0 Å². The Morgan fingerprint density at radius 1 is 1.42 bits per heavy atom. The Morgan fingerprint density at radius 2 is 2.25 bits per heavy atom. The second-order valence-electron chi connectivity index (χ2n) is 3.21. The summed E-state index contributed by atoms with van der Waals surface area (Å²) in [5, 5.41) is 0. The predicted molar refractivity (Wildman–Crippen MR) is 46.2 cm³/mol. The standard InChI is InChI=1S/C10H11NO/c1-7-10-8(5-6-11-7)3-2-4-9(10)12/h5-6H,2-4H2,1H3. The Kier molecular flexibility index (Phi) is 1.68. The van der Waals surface area contributed by atoms with Gasteiger partial charge >= 0.3 is 0 Å². The number of fused-ring (bicyclic) bond motifs is 1. The van der Waals surface area contributed by atoms with Crippen LogP contribution in [0.4, 0.5) is 0 Å². The van der Waals surface area contributed by atoms with Crippen molar-refractivity contribution in [1.82, 2.24) is 4.98 Å². The van der Waals surface area contributed by atoms with Gasteiger partial charge in [0.25, 0.3) is 0 Å². The van der Waals surface area contributed by atoms with E-state index in [0.29, 0.717) is 6.42 Å². The summed E-state index contributed by atoms with van der Waals surface area (Å²) in [7, 11) is 0. The zero-order valence-electron chi connectivity index (χ0n) is 7.13. The highest BCUT2D eigenvalue weighted by Gasteiger charge is 2.18. The molecule has 12 heavy (non-hydrogen) atoms.